The number of fused-ring (bicyclic) bond motifs is 5. The summed E-state index contributed by atoms with van der Waals surface area (Å²) in [4.78, 5) is 7.14. The number of anilines is 3. The van der Waals surface area contributed by atoms with Crippen molar-refractivity contribution >= 4 is 60.9 Å². The van der Waals surface area contributed by atoms with Gasteiger partial charge in [0, 0.05) is 33.7 Å². The smallest absolute Gasteiger partial charge is 0.227 e. The van der Waals surface area contributed by atoms with Gasteiger partial charge in [0.05, 0.1) is 11.4 Å². The van der Waals surface area contributed by atoms with Gasteiger partial charge in [0.2, 0.25) is 5.89 Å². The Kier molecular flexibility index (Phi) is 6.78. The minimum atomic E-state index is 0.596. The molecule has 0 spiro atoms. The number of furan rings is 1. The molecule has 0 radical (unpaired) electrons. The van der Waals surface area contributed by atoms with E-state index in [9.17, 15) is 0 Å². The number of aromatic nitrogens is 1. The third-order valence-corrected chi connectivity index (χ3v) is 9.69. The molecular formula is C47H30N2O2. The topological polar surface area (TPSA) is 42.4 Å². The first-order valence-electron chi connectivity index (χ1n) is 17.1. The van der Waals surface area contributed by atoms with Gasteiger partial charge in [0.1, 0.15) is 11.1 Å². The first-order valence-corrected chi connectivity index (χ1v) is 17.1. The molecule has 0 saturated heterocycles. The van der Waals surface area contributed by atoms with Crippen molar-refractivity contribution in [1.82, 2.24) is 4.98 Å². The molecule has 10 aromatic rings. The molecule has 0 unspecified atom stereocenters. The van der Waals surface area contributed by atoms with Gasteiger partial charge in [-0.1, -0.05) is 127 Å². The third-order valence-electron chi connectivity index (χ3n) is 9.69. The maximum atomic E-state index is 6.80. The lowest BCUT2D eigenvalue weighted by Crippen LogP contribution is -2.11. The highest BCUT2D eigenvalue weighted by atomic mass is 16.4. The molecule has 51 heavy (non-hydrogen) atoms. The van der Waals surface area contributed by atoms with Gasteiger partial charge in [-0.2, -0.15) is 0 Å². The zero-order chi connectivity index (χ0) is 33.7. The van der Waals surface area contributed by atoms with Crippen molar-refractivity contribution in [3.8, 4) is 33.7 Å². The molecule has 0 aliphatic carbocycles. The fourth-order valence-electron chi connectivity index (χ4n) is 7.20. The summed E-state index contributed by atoms with van der Waals surface area (Å²) in [5, 5.41) is 4.42. The maximum Gasteiger partial charge on any atom is 0.227 e. The number of hydrogen-bond donors (Lipinski definition) is 0. The van der Waals surface area contributed by atoms with Crippen molar-refractivity contribution in [3.63, 3.8) is 0 Å². The lowest BCUT2D eigenvalue weighted by Gasteiger charge is -2.28. The number of rotatable bonds is 6. The first-order chi connectivity index (χ1) is 25.3. The molecule has 240 valence electrons. The molecule has 4 nitrogen and oxygen atoms in total. The molecular weight excluding hydrogens is 625 g/mol. The number of para-hydroxylation sites is 2. The summed E-state index contributed by atoms with van der Waals surface area (Å²) in [5.41, 5.74) is 11.6. The Hall–Kier alpha value is -6.91. The van der Waals surface area contributed by atoms with Crippen LogP contribution in [0.4, 0.5) is 17.1 Å². The predicted octanol–water partition coefficient (Wildman–Crippen LogP) is 13.4. The average molecular weight is 655 g/mol. The molecule has 0 aliphatic heterocycles. The van der Waals surface area contributed by atoms with Gasteiger partial charge in [-0.3, -0.25) is 0 Å². The summed E-state index contributed by atoms with van der Waals surface area (Å²) in [6.07, 6.45) is 0. The minimum absolute atomic E-state index is 0.596. The van der Waals surface area contributed by atoms with Crippen LogP contribution < -0.4 is 4.90 Å². The van der Waals surface area contributed by atoms with Gasteiger partial charge in [-0.05, 0) is 76.0 Å². The van der Waals surface area contributed by atoms with Gasteiger partial charge in [-0.15, -0.1) is 0 Å². The average Bonchev–Trinajstić information content (AvgIpc) is 3.79. The van der Waals surface area contributed by atoms with E-state index in [4.69, 9.17) is 13.8 Å². The van der Waals surface area contributed by atoms with Crippen molar-refractivity contribution in [3.05, 3.63) is 182 Å². The summed E-state index contributed by atoms with van der Waals surface area (Å²) in [7, 11) is 0. The normalized spacial score (nSPS) is 11.5. The second kappa shape index (κ2) is 11.9. The first kappa shape index (κ1) is 29.0. The molecule has 2 aromatic heterocycles. The summed E-state index contributed by atoms with van der Waals surface area (Å²) in [6.45, 7) is 0. The molecule has 2 heterocycles. The molecule has 4 heteroatoms. The van der Waals surface area contributed by atoms with Gasteiger partial charge in [0.25, 0.3) is 0 Å². The van der Waals surface area contributed by atoms with Crippen LogP contribution >= 0.6 is 0 Å². The van der Waals surface area contributed by atoms with E-state index in [0.29, 0.717) is 5.89 Å². The number of nitrogens with zero attached hydrogens (tertiary/aromatic N) is 2. The molecule has 10 rings (SSSR count). The standard InChI is InChI=1S/C47H30N2O2/c1-3-12-31(13-4-1)33-24-26-37(27-25-33)49(42-20-10-9-18-38(42)36-23-22-32-14-7-8-17-35(32)28-36)43-21-11-19-39-40-29-45-41(30-44(40)50-46(39)43)48-47(51-45)34-15-5-2-6-16-34/h1-30H. The van der Waals surface area contributed by atoms with E-state index in [-0.39, 0.29) is 0 Å². The molecule has 0 atom stereocenters. The summed E-state index contributed by atoms with van der Waals surface area (Å²) >= 11 is 0. The van der Waals surface area contributed by atoms with Crippen LogP contribution in [0, 0.1) is 0 Å². The van der Waals surface area contributed by atoms with Crippen molar-refractivity contribution in [2.75, 3.05) is 4.90 Å². The van der Waals surface area contributed by atoms with Crippen LogP contribution in [0.2, 0.25) is 0 Å². The number of benzene rings is 8. The molecule has 0 amide bonds. The van der Waals surface area contributed by atoms with E-state index in [0.717, 1.165) is 72.4 Å². The van der Waals surface area contributed by atoms with Crippen LogP contribution in [0.1, 0.15) is 0 Å². The molecule has 0 bridgehead atoms. The lowest BCUT2D eigenvalue weighted by atomic mass is 9.98. The van der Waals surface area contributed by atoms with Crippen molar-refractivity contribution in [2.24, 2.45) is 0 Å². The highest BCUT2D eigenvalue weighted by molar-refractivity contribution is 6.13. The second-order valence-corrected chi connectivity index (χ2v) is 12.8. The second-order valence-electron chi connectivity index (χ2n) is 12.8. The molecule has 0 saturated carbocycles. The van der Waals surface area contributed by atoms with Gasteiger partial charge >= 0.3 is 0 Å². The fourth-order valence-corrected chi connectivity index (χ4v) is 7.20. The largest absolute Gasteiger partial charge is 0.454 e. The van der Waals surface area contributed by atoms with Crippen LogP contribution in [-0.2, 0) is 0 Å². The molecule has 0 aliphatic rings. The van der Waals surface area contributed by atoms with E-state index in [2.05, 4.69) is 144 Å². The fraction of sp³-hybridized carbons (Fsp3) is 0. The zero-order valence-corrected chi connectivity index (χ0v) is 27.5. The van der Waals surface area contributed by atoms with Gasteiger partial charge in [0.15, 0.2) is 11.2 Å². The van der Waals surface area contributed by atoms with Crippen LogP contribution in [0.15, 0.2) is 191 Å². The Bertz CT molecular complexity index is 2850. The Balaban J connectivity index is 1.17. The number of oxazole rings is 1. The minimum Gasteiger partial charge on any atom is -0.454 e. The van der Waals surface area contributed by atoms with Crippen LogP contribution in [-0.4, -0.2) is 4.98 Å². The Morgan fingerprint density at radius 2 is 1.08 bits per heavy atom. The predicted molar refractivity (Wildman–Crippen MR) is 210 cm³/mol. The van der Waals surface area contributed by atoms with Crippen molar-refractivity contribution in [1.29, 1.82) is 0 Å². The zero-order valence-electron chi connectivity index (χ0n) is 27.5. The molecule has 0 N–H and O–H groups in total. The maximum absolute atomic E-state index is 6.80. The Morgan fingerprint density at radius 3 is 1.90 bits per heavy atom. The van der Waals surface area contributed by atoms with Crippen molar-refractivity contribution in [2.45, 2.75) is 0 Å². The number of hydrogen-bond acceptors (Lipinski definition) is 4. The summed E-state index contributed by atoms with van der Waals surface area (Å²) in [5.74, 6) is 0.596. The van der Waals surface area contributed by atoms with E-state index in [1.807, 2.05) is 42.5 Å². The summed E-state index contributed by atoms with van der Waals surface area (Å²) < 4.78 is 13.1. The van der Waals surface area contributed by atoms with E-state index >= 15 is 0 Å². The highest BCUT2D eigenvalue weighted by Crippen LogP contribution is 2.46. The Labute approximate surface area is 294 Å². The monoisotopic (exact) mass is 654 g/mol. The van der Waals surface area contributed by atoms with E-state index < -0.39 is 0 Å². The highest BCUT2D eigenvalue weighted by Gasteiger charge is 2.23. The summed E-state index contributed by atoms with van der Waals surface area (Å²) in [6, 6.07) is 63.5. The van der Waals surface area contributed by atoms with Crippen molar-refractivity contribution < 1.29 is 8.83 Å². The van der Waals surface area contributed by atoms with Gasteiger partial charge in [-0.25, -0.2) is 4.98 Å². The molecule has 8 aromatic carbocycles. The van der Waals surface area contributed by atoms with Crippen LogP contribution in [0.25, 0.3) is 77.5 Å². The third kappa shape index (κ3) is 5.04. The lowest BCUT2D eigenvalue weighted by molar-refractivity contribution is 0.620. The Morgan fingerprint density at radius 1 is 0.412 bits per heavy atom. The SMILES string of the molecule is c1ccc(-c2ccc(N(c3ccccc3-c3ccc4ccccc4c3)c3cccc4c3oc3cc5nc(-c6ccccc6)oc5cc34)cc2)cc1. The van der Waals surface area contributed by atoms with E-state index in [1.54, 1.807) is 0 Å². The van der Waals surface area contributed by atoms with Gasteiger partial charge < -0.3 is 13.7 Å². The molecule has 0 fully saturated rings. The van der Waals surface area contributed by atoms with E-state index in [1.165, 1.54) is 16.3 Å². The van der Waals surface area contributed by atoms with Crippen LogP contribution in [0.5, 0.6) is 0 Å². The van der Waals surface area contributed by atoms with Crippen LogP contribution in [0.3, 0.4) is 0 Å². The quantitative estimate of drug-likeness (QED) is 0.179.